The van der Waals surface area contributed by atoms with Gasteiger partial charge in [-0.15, -0.1) is 0 Å². The van der Waals surface area contributed by atoms with Gasteiger partial charge in [0, 0.05) is 13.1 Å². The SMILES string of the molecule is CN1C(=O)CC(NC2C(C)(C)C2(C)C)C1=O. The van der Waals surface area contributed by atoms with Gasteiger partial charge >= 0.3 is 0 Å². The molecule has 0 aromatic heterocycles. The van der Waals surface area contributed by atoms with Gasteiger partial charge in [0.2, 0.25) is 11.8 Å². The smallest absolute Gasteiger partial charge is 0.246 e. The van der Waals surface area contributed by atoms with Crippen LogP contribution in [0.15, 0.2) is 0 Å². The van der Waals surface area contributed by atoms with Crippen molar-refractivity contribution in [3.05, 3.63) is 0 Å². The Bertz CT molecular complexity index is 346. The fourth-order valence-electron chi connectivity index (χ4n) is 2.70. The van der Waals surface area contributed by atoms with Crippen molar-refractivity contribution in [2.75, 3.05) is 7.05 Å². The summed E-state index contributed by atoms with van der Waals surface area (Å²) in [5, 5.41) is 3.33. The predicted molar refractivity (Wildman–Crippen MR) is 60.7 cm³/mol. The lowest BCUT2D eigenvalue weighted by molar-refractivity contribution is -0.137. The van der Waals surface area contributed by atoms with E-state index in [2.05, 4.69) is 33.0 Å². The fraction of sp³-hybridized carbons (Fsp3) is 0.833. The Kier molecular flexibility index (Phi) is 2.22. The Labute approximate surface area is 96.4 Å². The van der Waals surface area contributed by atoms with Gasteiger partial charge in [-0.05, 0) is 10.8 Å². The lowest BCUT2D eigenvalue weighted by Crippen LogP contribution is -2.40. The van der Waals surface area contributed by atoms with Crippen LogP contribution in [0.1, 0.15) is 34.1 Å². The molecule has 90 valence electrons. The van der Waals surface area contributed by atoms with E-state index in [0.717, 1.165) is 0 Å². The first-order valence-corrected chi connectivity index (χ1v) is 5.76. The van der Waals surface area contributed by atoms with E-state index in [9.17, 15) is 9.59 Å². The molecule has 2 aliphatic rings. The summed E-state index contributed by atoms with van der Waals surface area (Å²) < 4.78 is 0. The normalized spacial score (nSPS) is 32.3. The van der Waals surface area contributed by atoms with E-state index in [1.807, 2.05) is 0 Å². The van der Waals surface area contributed by atoms with Gasteiger partial charge in [-0.25, -0.2) is 0 Å². The van der Waals surface area contributed by atoms with Crippen LogP contribution < -0.4 is 5.32 Å². The van der Waals surface area contributed by atoms with E-state index in [1.165, 1.54) is 4.90 Å². The molecule has 1 unspecified atom stereocenters. The molecule has 16 heavy (non-hydrogen) atoms. The molecule has 2 rings (SSSR count). The molecular weight excluding hydrogens is 204 g/mol. The molecule has 2 fully saturated rings. The van der Waals surface area contributed by atoms with Gasteiger partial charge in [-0.2, -0.15) is 0 Å². The minimum atomic E-state index is -0.316. The van der Waals surface area contributed by atoms with Crippen molar-refractivity contribution in [2.45, 2.75) is 46.2 Å². The number of likely N-dealkylation sites (tertiary alicyclic amines) is 1. The number of imide groups is 1. The second-order valence-corrected chi connectivity index (χ2v) is 6.09. The van der Waals surface area contributed by atoms with Gasteiger partial charge in [0.05, 0.1) is 12.5 Å². The summed E-state index contributed by atoms with van der Waals surface area (Å²) in [6, 6.07) is -0.00296. The van der Waals surface area contributed by atoms with E-state index >= 15 is 0 Å². The predicted octanol–water partition coefficient (Wildman–Crippen LogP) is 0.768. The van der Waals surface area contributed by atoms with Crippen LogP contribution in [0.4, 0.5) is 0 Å². The van der Waals surface area contributed by atoms with Crippen molar-refractivity contribution in [1.29, 1.82) is 0 Å². The minimum Gasteiger partial charge on any atom is -0.302 e. The van der Waals surface area contributed by atoms with Gasteiger partial charge in [-0.3, -0.25) is 14.5 Å². The monoisotopic (exact) mass is 224 g/mol. The van der Waals surface area contributed by atoms with E-state index in [1.54, 1.807) is 7.05 Å². The summed E-state index contributed by atoms with van der Waals surface area (Å²) in [6.07, 6.45) is 0.304. The number of nitrogens with zero attached hydrogens (tertiary/aromatic N) is 1. The number of hydrogen-bond donors (Lipinski definition) is 1. The third kappa shape index (κ3) is 1.32. The van der Waals surface area contributed by atoms with Crippen LogP contribution in [0.25, 0.3) is 0 Å². The third-order valence-corrected chi connectivity index (χ3v) is 4.77. The first-order chi connectivity index (χ1) is 7.19. The molecule has 1 heterocycles. The van der Waals surface area contributed by atoms with Crippen molar-refractivity contribution < 1.29 is 9.59 Å². The molecule has 1 atom stereocenters. The molecule has 0 radical (unpaired) electrons. The Morgan fingerprint density at radius 2 is 1.69 bits per heavy atom. The van der Waals surface area contributed by atoms with Crippen molar-refractivity contribution in [3.63, 3.8) is 0 Å². The Balaban J connectivity index is 2.04. The highest BCUT2D eigenvalue weighted by Gasteiger charge is 2.65. The summed E-state index contributed by atoms with van der Waals surface area (Å²) in [5.74, 6) is -0.178. The van der Waals surface area contributed by atoms with E-state index in [-0.39, 0.29) is 28.7 Å². The lowest BCUT2D eigenvalue weighted by Gasteiger charge is -2.12. The topological polar surface area (TPSA) is 49.4 Å². The largest absolute Gasteiger partial charge is 0.302 e. The van der Waals surface area contributed by atoms with Crippen molar-refractivity contribution in [2.24, 2.45) is 10.8 Å². The van der Waals surface area contributed by atoms with Crippen LogP contribution in [0.3, 0.4) is 0 Å². The highest BCUT2D eigenvalue weighted by Crippen LogP contribution is 2.62. The number of rotatable bonds is 2. The Morgan fingerprint density at radius 3 is 2.00 bits per heavy atom. The van der Waals surface area contributed by atoms with Gasteiger partial charge in [-0.1, -0.05) is 27.7 Å². The zero-order chi connectivity index (χ0) is 12.3. The molecular formula is C12H20N2O2. The zero-order valence-corrected chi connectivity index (χ0v) is 10.6. The molecule has 1 aliphatic heterocycles. The summed E-state index contributed by atoms with van der Waals surface area (Å²) in [4.78, 5) is 24.4. The van der Waals surface area contributed by atoms with Crippen LogP contribution in [-0.4, -0.2) is 35.8 Å². The zero-order valence-electron chi connectivity index (χ0n) is 10.6. The maximum absolute atomic E-state index is 11.7. The van der Waals surface area contributed by atoms with Crippen LogP contribution in [-0.2, 0) is 9.59 Å². The molecule has 1 N–H and O–H groups in total. The molecule has 1 saturated heterocycles. The van der Waals surface area contributed by atoms with Gasteiger partial charge in [0.15, 0.2) is 0 Å². The first kappa shape index (κ1) is 11.6. The quantitative estimate of drug-likeness (QED) is 0.705. The standard InChI is InChI=1S/C12H20N2O2/c1-11(2)10(12(11,3)4)13-7-6-8(15)14(5)9(7)16/h7,10,13H,6H2,1-5H3. The van der Waals surface area contributed by atoms with Crippen LogP contribution in [0.2, 0.25) is 0 Å². The van der Waals surface area contributed by atoms with Gasteiger partial charge in [0.1, 0.15) is 0 Å². The number of hydrogen-bond acceptors (Lipinski definition) is 3. The molecule has 4 heteroatoms. The molecule has 0 spiro atoms. The second kappa shape index (κ2) is 3.06. The number of carbonyl (C=O) groups excluding carboxylic acids is 2. The summed E-state index contributed by atoms with van der Waals surface area (Å²) in [5.41, 5.74) is 0.384. The minimum absolute atomic E-state index is 0.0845. The van der Waals surface area contributed by atoms with E-state index in [4.69, 9.17) is 0 Å². The van der Waals surface area contributed by atoms with Crippen molar-refractivity contribution in [1.82, 2.24) is 10.2 Å². The number of carbonyl (C=O) groups is 2. The lowest BCUT2D eigenvalue weighted by atomic mass is 10.0. The fourth-order valence-corrected chi connectivity index (χ4v) is 2.70. The summed E-state index contributed by atoms with van der Waals surface area (Å²) in [6.45, 7) is 8.76. The summed E-state index contributed by atoms with van der Waals surface area (Å²) in [7, 11) is 1.55. The number of amides is 2. The van der Waals surface area contributed by atoms with Gasteiger partial charge in [0.25, 0.3) is 0 Å². The van der Waals surface area contributed by atoms with E-state index in [0.29, 0.717) is 12.5 Å². The molecule has 0 aromatic carbocycles. The third-order valence-electron chi connectivity index (χ3n) is 4.77. The Hall–Kier alpha value is -0.900. The van der Waals surface area contributed by atoms with Crippen molar-refractivity contribution >= 4 is 11.8 Å². The molecule has 1 aliphatic carbocycles. The van der Waals surface area contributed by atoms with Gasteiger partial charge < -0.3 is 5.32 Å². The summed E-state index contributed by atoms with van der Waals surface area (Å²) >= 11 is 0. The van der Waals surface area contributed by atoms with Crippen LogP contribution in [0, 0.1) is 10.8 Å². The highest BCUT2D eigenvalue weighted by atomic mass is 16.2. The average molecular weight is 224 g/mol. The van der Waals surface area contributed by atoms with Crippen molar-refractivity contribution in [3.8, 4) is 0 Å². The molecule has 2 amide bonds. The molecule has 0 aromatic rings. The number of likely N-dealkylation sites (N-methyl/N-ethyl adjacent to an activating group) is 1. The highest BCUT2D eigenvalue weighted by molar-refractivity contribution is 6.05. The molecule has 1 saturated carbocycles. The number of nitrogens with one attached hydrogen (secondary N) is 1. The maximum Gasteiger partial charge on any atom is 0.246 e. The van der Waals surface area contributed by atoms with Crippen LogP contribution >= 0.6 is 0 Å². The first-order valence-electron chi connectivity index (χ1n) is 5.76. The Morgan fingerprint density at radius 1 is 1.19 bits per heavy atom. The molecule has 0 bridgehead atoms. The second-order valence-electron chi connectivity index (χ2n) is 6.09. The van der Waals surface area contributed by atoms with Crippen LogP contribution in [0.5, 0.6) is 0 Å². The average Bonchev–Trinajstić information content (AvgIpc) is 2.42. The maximum atomic E-state index is 11.7. The van der Waals surface area contributed by atoms with E-state index < -0.39 is 0 Å². The molecule has 4 nitrogen and oxygen atoms in total.